The van der Waals surface area contributed by atoms with Gasteiger partial charge in [-0.05, 0) is 42.0 Å². The fourth-order valence-corrected chi connectivity index (χ4v) is 3.34. The van der Waals surface area contributed by atoms with Crippen molar-refractivity contribution in [3.8, 4) is 17.0 Å². The lowest BCUT2D eigenvalue weighted by molar-refractivity contribution is -0.120. The molecule has 1 N–H and O–H groups in total. The van der Waals surface area contributed by atoms with E-state index in [9.17, 15) is 4.79 Å². The zero-order valence-electron chi connectivity index (χ0n) is 15.9. The minimum Gasteiger partial charge on any atom is -0.497 e. The Labute approximate surface area is 173 Å². The van der Waals surface area contributed by atoms with E-state index in [1.54, 1.807) is 7.11 Å². The van der Waals surface area contributed by atoms with Crippen LogP contribution in [0.25, 0.3) is 16.9 Å². The number of rotatable bonds is 6. The van der Waals surface area contributed by atoms with Crippen LogP contribution in [0.5, 0.6) is 5.75 Å². The fraction of sp³-hybridized carbons (Fsp3) is 0.130. The zero-order chi connectivity index (χ0) is 20.2. The SMILES string of the molecule is COc1ccc(CNC(=O)Cc2c(-c3ccc(Cl)cc3)nc3ccccn23)cc1. The van der Waals surface area contributed by atoms with Crippen LogP contribution in [0, 0.1) is 0 Å². The monoisotopic (exact) mass is 405 g/mol. The van der Waals surface area contributed by atoms with Gasteiger partial charge in [-0.1, -0.05) is 41.9 Å². The number of benzene rings is 2. The number of hydrogen-bond donors (Lipinski definition) is 1. The lowest BCUT2D eigenvalue weighted by atomic mass is 10.1. The van der Waals surface area contributed by atoms with Gasteiger partial charge in [-0.15, -0.1) is 0 Å². The summed E-state index contributed by atoms with van der Waals surface area (Å²) in [6.45, 7) is 0.454. The largest absolute Gasteiger partial charge is 0.497 e. The molecule has 0 aliphatic carbocycles. The Morgan fingerprint density at radius 3 is 2.55 bits per heavy atom. The number of ether oxygens (including phenoxy) is 1. The summed E-state index contributed by atoms with van der Waals surface area (Å²) in [4.78, 5) is 17.4. The Morgan fingerprint density at radius 1 is 1.07 bits per heavy atom. The van der Waals surface area contributed by atoms with Gasteiger partial charge in [0.15, 0.2) is 0 Å². The van der Waals surface area contributed by atoms with Gasteiger partial charge >= 0.3 is 0 Å². The van der Waals surface area contributed by atoms with Crippen LogP contribution in [0.4, 0.5) is 0 Å². The first kappa shape index (κ1) is 19.0. The van der Waals surface area contributed by atoms with Gasteiger partial charge in [-0.25, -0.2) is 4.98 Å². The van der Waals surface area contributed by atoms with Gasteiger partial charge < -0.3 is 14.5 Å². The number of nitrogens with one attached hydrogen (secondary N) is 1. The molecule has 0 bridgehead atoms. The molecule has 29 heavy (non-hydrogen) atoms. The number of carbonyl (C=O) groups excluding carboxylic acids is 1. The van der Waals surface area contributed by atoms with Crippen LogP contribution in [0.15, 0.2) is 72.9 Å². The van der Waals surface area contributed by atoms with E-state index in [0.29, 0.717) is 11.6 Å². The Balaban J connectivity index is 1.56. The molecule has 0 atom stereocenters. The summed E-state index contributed by atoms with van der Waals surface area (Å²) < 4.78 is 7.12. The highest BCUT2D eigenvalue weighted by Gasteiger charge is 2.17. The molecule has 2 aromatic carbocycles. The van der Waals surface area contributed by atoms with Gasteiger partial charge in [0.05, 0.1) is 24.9 Å². The van der Waals surface area contributed by atoms with E-state index in [1.807, 2.05) is 77.3 Å². The maximum absolute atomic E-state index is 12.7. The molecule has 0 aliphatic heterocycles. The van der Waals surface area contributed by atoms with E-state index in [4.69, 9.17) is 21.3 Å². The van der Waals surface area contributed by atoms with Gasteiger partial charge in [-0.3, -0.25) is 4.79 Å². The van der Waals surface area contributed by atoms with Crippen molar-refractivity contribution in [3.05, 3.63) is 89.2 Å². The van der Waals surface area contributed by atoms with Crippen molar-refractivity contribution in [1.82, 2.24) is 14.7 Å². The minimum atomic E-state index is -0.0679. The van der Waals surface area contributed by atoms with Gasteiger partial charge in [0.1, 0.15) is 11.4 Å². The predicted octanol–water partition coefficient (Wildman–Crippen LogP) is 4.52. The van der Waals surface area contributed by atoms with E-state index in [2.05, 4.69) is 5.32 Å². The number of fused-ring (bicyclic) bond motifs is 1. The van der Waals surface area contributed by atoms with E-state index in [0.717, 1.165) is 33.9 Å². The van der Waals surface area contributed by atoms with Crippen LogP contribution in [-0.2, 0) is 17.8 Å². The molecule has 0 saturated carbocycles. The predicted molar refractivity (Wildman–Crippen MR) is 114 cm³/mol. The van der Waals surface area contributed by atoms with E-state index in [1.165, 1.54) is 0 Å². The van der Waals surface area contributed by atoms with Crippen molar-refractivity contribution in [2.45, 2.75) is 13.0 Å². The third-order valence-electron chi connectivity index (χ3n) is 4.72. The summed E-state index contributed by atoms with van der Waals surface area (Å²) in [6.07, 6.45) is 2.15. The molecule has 6 heteroatoms. The highest BCUT2D eigenvalue weighted by molar-refractivity contribution is 6.30. The third kappa shape index (κ3) is 4.25. The first-order chi connectivity index (χ1) is 14.1. The van der Waals surface area contributed by atoms with Crippen LogP contribution in [0.2, 0.25) is 5.02 Å². The number of pyridine rings is 1. The summed E-state index contributed by atoms with van der Waals surface area (Å²) in [5, 5.41) is 3.65. The van der Waals surface area contributed by atoms with Crippen LogP contribution in [-0.4, -0.2) is 22.4 Å². The van der Waals surface area contributed by atoms with Gasteiger partial charge in [0.25, 0.3) is 0 Å². The van der Waals surface area contributed by atoms with E-state index < -0.39 is 0 Å². The minimum absolute atomic E-state index is 0.0679. The molecule has 146 valence electrons. The quantitative estimate of drug-likeness (QED) is 0.513. The number of imidazole rings is 1. The second-order valence-electron chi connectivity index (χ2n) is 6.64. The maximum atomic E-state index is 12.7. The molecule has 0 radical (unpaired) electrons. The molecule has 0 spiro atoms. The van der Waals surface area contributed by atoms with Crippen molar-refractivity contribution >= 4 is 23.2 Å². The molecule has 0 unspecified atom stereocenters. The van der Waals surface area contributed by atoms with Gasteiger partial charge in [-0.2, -0.15) is 0 Å². The summed E-state index contributed by atoms with van der Waals surface area (Å²) in [5.41, 5.74) is 4.37. The Bertz CT molecular complexity index is 1140. The van der Waals surface area contributed by atoms with Crippen LogP contribution in [0.1, 0.15) is 11.3 Å². The van der Waals surface area contributed by atoms with E-state index >= 15 is 0 Å². The number of carbonyl (C=O) groups is 1. The summed E-state index contributed by atoms with van der Waals surface area (Å²) in [6, 6.07) is 20.9. The summed E-state index contributed by atoms with van der Waals surface area (Å²) in [7, 11) is 1.63. The Kier molecular flexibility index (Phi) is 5.49. The first-order valence-electron chi connectivity index (χ1n) is 9.25. The van der Waals surface area contributed by atoms with Crippen molar-refractivity contribution in [3.63, 3.8) is 0 Å². The van der Waals surface area contributed by atoms with Crippen molar-refractivity contribution in [1.29, 1.82) is 0 Å². The number of halogens is 1. The fourth-order valence-electron chi connectivity index (χ4n) is 3.21. The smallest absolute Gasteiger partial charge is 0.226 e. The third-order valence-corrected chi connectivity index (χ3v) is 4.98. The summed E-state index contributed by atoms with van der Waals surface area (Å²) >= 11 is 6.02. The average molecular weight is 406 g/mol. The molecule has 1 amide bonds. The number of nitrogens with zero attached hydrogens (tertiary/aromatic N) is 2. The number of hydrogen-bond acceptors (Lipinski definition) is 3. The molecule has 4 aromatic rings. The average Bonchev–Trinajstić information content (AvgIpc) is 3.11. The second kappa shape index (κ2) is 8.37. The molecule has 0 fully saturated rings. The van der Waals surface area contributed by atoms with Crippen LogP contribution in [0.3, 0.4) is 0 Å². The maximum Gasteiger partial charge on any atom is 0.226 e. The molecule has 4 rings (SSSR count). The molecule has 0 saturated heterocycles. The van der Waals surface area contributed by atoms with Gasteiger partial charge in [0.2, 0.25) is 5.91 Å². The van der Waals surface area contributed by atoms with Crippen LogP contribution < -0.4 is 10.1 Å². The Hall–Kier alpha value is -3.31. The topological polar surface area (TPSA) is 55.6 Å². The highest BCUT2D eigenvalue weighted by atomic mass is 35.5. The van der Waals surface area contributed by atoms with Crippen molar-refractivity contribution in [2.24, 2.45) is 0 Å². The van der Waals surface area contributed by atoms with Crippen molar-refractivity contribution < 1.29 is 9.53 Å². The molecule has 2 aromatic heterocycles. The lowest BCUT2D eigenvalue weighted by Crippen LogP contribution is -2.25. The molecule has 5 nitrogen and oxygen atoms in total. The van der Waals surface area contributed by atoms with E-state index in [-0.39, 0.29) is 12.3 Å². The second-order valence-corrected chi connectivity index (χ2v) is 7.08. The van der Waals surface area contributed by atoms with Gasteiger partial charge in [0, 0.05) is 23.3 Å². The molecular formula is C23H20ClN3O2. The normalized spacial score (nSPS) is 10.8. The number of amides is 1. The number of methoxy groups -OCH3 is 1. The highest BCUT2D eigenvalue weighted by Crippen LogP contribution is 2.26. The first-order valence-corrected chi connectivity index (χ1v) is 9.63. The molecule has 2 heterocycles. The Morgan fingerprint density at radius 2 is 1.83 bits per heavy atom. The van der Waals surface area contributed by atoms with Crippen LogP contribution >= 0.6 is 11.6 Å². The molecule has 0 aliphatic rings. The van der Waals surface area contributed by atoms with Crippen molar-refractivity contribution in [2.75, 3.05) is 7.11 Å². The summed E-state index contributed by atoms with van der Waals surface area (Å²) in [5.74, 6) is 0.722. The number of aromatic nitrogens is 2. The standard InChI is InChI=1S/C23H20ClN3O2/c1-29-19-11-5-16(6-12-19)15-25-22(28)14-20-23(17-7-9-18(24)10-8-17)26-21-4-2-3-13-27(20)21/h2-13H,14-15H2,1H3,(H,25,28). The lowest BCUT2D eigenvalue weighted by Gasteiger charge is -2.08. The zero-order valence-corrected chi connectivity index (χ0v) is 16.7. The molecular weight excluding hydrogens is 386 g/mol.